The maximum atomic E-state index is 10.9. The molecule has 0 unspecified atom stereocenters. The van der Waals surface area contributed by atoms with Crippen LogP contribution >= 0.6 is 23.1 Å². The molecule has 0 bridgehead atoms. The van der Waals surface area contributed by atoms with Gasteiger partial charge in [-0.2, -0.15) is 0 Å². The zero-order chi connectivity index (χ0) is 13.2. The van der Waals surface area contributed by atoms with Crippen molar-refractivity contribution in [1.82, 2.24) is 4.98 Å². The number of rotatable bonds is 3. The van der Waals surface area contributed by atoms with Crippen molar-refractivity contribution in [2.75, 3.05) is 0 Å². The predicted molar refractivity (Wildman–Crippen MR) is 77.0 cm³/mol. The smallest absolute Gasteiger partial charge is 0.392 e. The minimum absolute atomic E-state index is 0.406. The standard InChI is InChI=1S/C13H10N2O2S2/c14-13(16)17-12-11(10-9(15-12)6-7-18-10)19-8-4-2-1-3-5-8/h1-7,15H,(H2,14,16). The van der Waals surface area contributed by atoms with Gasteiger partial charge in [0.15, 0.2) is 0 Å². The number of hydrogen-bond acceptors (Lipinski definition) is 4. The lowest BCUT2D eigenvalue weighted by Gasteiger charge is -2.03. The number of primary amides is 1. The summed E-state index contributed by atoms with van der Waals surface area (Å²) < 4.78 is 6.09. The number of benzene rings is 1. The first-order valence-corrected chi connectivity index (χ1v) is 7.23. The third kappa shape index (κ3) is 2.45. The highest BCUT2D eigenvalue weighted by Gasteiger charge is 2.16. The molecule has 96 valence electrons. The molecule has 19 heavy (non-hydrogen) atoms. The Hall–Kier alpha value is -1.92. The molecule has 0 aliphatic heterocycles. The van der Waals surface area contributed by atoms with Crippen molar-refractivity contribution in [3.05, 3.63) is 41.8 Å². The fourth-order valence-corrected chi connectivity index (χ4v) is 3.71. The van der Waals surface area contributed by atoms with Crippen LogP contribution in [0.2, 0.25) is 0 Å². The Bertz CT molecular complexity index is 719. The van der Waals surface area contributed by atoms with Crippen LogP contribution in [-0.2, 0) is 0 Å². The Labute approximate surface area is 117 Å². The van der Waals surface area contributed by atoms with Crippen molar-refractivity contribution in [2.45, 2.75) is 9.79 Å². The van der Waals surface area contributed by atoms with Gasteiger partial charge in [0.05, 0.1) is 15.1 Å². The van der Waals surface area contributed by atoms with Gasteiger partial charge >= 0.3 is 6.09 Å². The summed E-state index contributed by atoms with van der Waals surface area (Å²) in [5.74, 6) is 0.406. The zero-order valence-electron chi connectivity index (χ0n) is 9.75. The Balaban J connectivity index is 2.04. The molecular weight excluding hydrogens is 280 g/mol. The number of carbonyl (C=O) groups excluding carboxylic acids is 1. The molecule has 3 rings (SSSR count). The normalized spacial score (nSPS) is 10.7. The van der Waals surface area contributed by atoms with E-state index in [0.717, 1.165) is 20.0 Å². The highest BCUT2D eigenvalue weighted by Crippen LogP contribution is 2.42. The number of H-pyrrole nitrogens is 1. The van der Waals surface area contributed by atoms with Crippen molar-refractivity contribution in [2.24, 2.45) is 5.73 Å². The van der Waals surface area contributed by atoms with Gasteiger partial charge in [-0.05, 0) is 23.6 Å². The van der Waals surface area contributed by atoms with Crippen LogP contribution < -0.4 is 10.5 Å². The number of nitrogens with two attached hydrogens (primary N) is 1. The number of amides is 1. The van der Waals surface area contributed by atoms with Gasteiger partial charge in [0.25, 0.3) is 0 Å². The summed E-state index contributed by atoms with van der Waals surface area (Å²) in [6.07, 6.45) is -0.816. The van der Waals surface area contributed by atoms with Crippen molar-refractivity contribution in [3.63, 3.8) is 0 Å². The second kappa shape index (κ2) is 4.99. The second-order valence-corrected chi connectivity index (χ2v) is 5.78. The molecule has 6 heteroatoms. The summed E-state index contributed by atoms with van der Waals surface area (Å²) in [6.45, 7) is 0. The Morgan fingerprint density at radius 1 is 1.26 bits per heavy atom. The maximum Gasteiger partial charge on any atom is 0.411 e. The summed E-state index contributed by atoms with van der Waals surface area (Å²) in [5.41, 5.74) is 6.03. The highest BCUT2D eigenvalue weighted by molar-refractivity contribution is 7.99. The van der Waals surface area contributed by atoms with Crippen molar-refractivity contribution < 1.29 is 9.53 Å². The van der Waals surface area contributed by atoms with E-state index in [2.05, 4.69) is 4.98 Å². The van der Waals surface area contributed by atoms with Crippen LogP contribution in [0.1, 0.15) is 0 Å². The number of ether oxygens (including phenoxy) is 1. The van der Waals surface area contributed by atoms with Crippen LogP contribution in [0.3, 0.4) is 0 Å². The molecule has 2 heterocycles. The fourth-order valence-electron chi connectivity index (χ4n) is 1.74. The van der Waals surface area contributed by atoms with E-state index in [4.69, 9.17) is 10.5 Å². The molecule has 0 spiro atoms. The summed E-state index contributed by atoms with van der Waals surface area (Å²) in [5, 5.41) is 1.99. The van der Waals surface area contributed by atoms with E-state index < -0.39 is 6.09 Å². The molecule has 0 aliphatic carbocycles. The minimum atomic E-state index is -0.816. The first kappa shape index (κ1) is 12.1. The molecule has 3 N–H and O–H groups in total. The van der Waals surface area contributed by atoms with Crippen LogP contribution in [-0.4, -0.2) is 11.1 Å². The molecule has 0 fully saturated rings. The van der Waals surface area contributed by atoms with Gasteiger partial charge in [-0.25, -0.2) is 4.79 Å². The lowest BCUT2D eigenvalue weighted by molar-refractivity contribution is 0.208. The largest absolute Gasteiger partial charge is 0.411 e. The van der Waals surface area contributed by atoms with Crippen molar-refractivity contribution in [1.29, 1.82) is 0 Å². The first-order valence-electron chi connectivity index (χ1n) is 5.53. The third-order valence-electron chi connectivity index (χ3n) is 2.49. The van der Waals surface area contributed by atoms with Gasteiger partial charge in [0.2, 0.25) is 5.88 Å². The Morgan fingerprint density at radius 3 is 2.79 bits per heavy atom. The Kier molecular flexibility index (Phi) is 3.18. The number of nitrogens with one attached hydrogen (secondary N) is 1. The average Bonchev–Trinajstić information content (AvgIpc) is 2.94. The molecule has 2 aromatic heterocycles. The Morgan fingerprint density at radius 2 is 2.05 bits per heavy atom. The van der Waals surface area contributed by atoms with E-state index in [1.54, 1.807) is 23.1 Å². The number of aromatic nitrogens is 1. The minimum Gasteiger partial charge on any atom is -0.392 e. The predicted octanol–water partition coefficient (Wildman–Crippen LogP) is 3.84. The molecule has 0 radical (unpaired) electrons. The molecule has 4 nitrogen and oxygen atoms in total. The van der Waals surface area contributed by atoms with Gasteiger partial charge in [-0.1, -0.05) is 30.0 Å². The van der Waals surface area contributed by atoms with Crippen LogP contribution in [0, 0.1) is 0 Å². The first-order chi connectivity index (χ1) is 9.24. The van der Waals surface area contributed by atoms with Crippen molar-refractivity contribution in [3.8, 4) is 5.88 Å². The molecule has 0 saturated heterocycles. The van der Waals surface area contributed by atoms with E-state index in [1.807, 2.05) is 41.8 Å². The van der Waals surface area contributed by atoms with Gasteiger partial charge in [-0.3, -0.25) is 0 Å². The van der Waals surface area contributed by atoms with E-state index >= 15 is 0 Å². The lowest BCUT2D eigenvalue weighted by Crippen LogP contribution is -2.16. The van der Waals surface area contributed by atoms with E-state index in [1.165, 1.54) is 0 Å². The van der Waals surface area contributed by atoms with Crippen molar-refractivity contribution >= 4 is 39.4 Å². The number of hydrogen-bond donors (Lipinski definition) is 2. The van der Waals surface area contributed by atoms with Crippen LogP contribution in [0.4, 0.5) is 4.79 Å². The third-order valence-corrected chi connectivity index (χ3v) is 4.65. The molecule has 0 atom stereocenters. The summed E-state index contributed by atoms with van der Waals surface area (Å²) in [6, 6.07) is 11.9. The second-order valence-electron chi connectivity index (χ2n) is 3.78. The SMILES string of the molecule is NC(=O)Oc1[nH]c2ccsc2c1Sc1ccccc1. The summed E-state index contributed by atoms with van der Waals surface area (Å²) >= 11 is 3.14. The zero-order valence-corrected chi connectivity index (χ0v) is 11.4. The maximum absolute atomic E-state index is 10.9. The number of thiophene rings is 1. The van der Waals surface area contributed by atoms with Gasteiger partial charge in [-0.15, -0.1) is 11.3 Å². The van der Waals surface area contributed by atoms with E-state index in [9.17, 15) is 4.79 Å². The van der Waals surface area contributed by atoms with E-state index in [-0.39, 0.29) is 0 Å². The molecule has 3 aromatic rings. The number of carbonyl (C=O) groups is 1. The quantitative estimate of drug-likeness (QED) is 0.770. The summed E-state index contributed by atoms with van der Waals surface area (Å²) in [4.78, 5) is 16.0. The van der Waals surface area contributed by atoms with Crippen LogP contribution in [0.25, 0.3) is 10.2 Å². The van der Waals surface area contributed by atoms with Gasteiger partial charge < -0.3 is 15.5 Å². The summed E-state index contributed by atoms with van der Waals surface area (Å²) in [7, 11) is 0. The molecule has 0 saturated carbocycles. The van der Waals surface area contributed by atoms with E-state index in [0.29, 0.717) is 5.88 Å². The number of aromatic amines is 1. The highest BCUT2D eigenvalue weighted by atomic mass is 32.2. The topological polar surface area (TPSA) is 68.1 Å². The van der Waals surface area contributed by atoms with Crippen LogP contribution in [0.15, 0.2) is 51.6 Å². The molecule has 1 amide bonds. The fraction of sp³-hybridized carbons (Fsp3) is 0. The van der Waals surface area contributed by atoms with Crippen LogP contribution in [0.5, 0.6) is 5.88 Å². The molecule has 1 aromatic carbocycles. The number of fused-ring (bicyclic) bond motifs is 1. The monoisotopic (exact) mass is 290 g/mol. The van der Waals surface area contributed by atoms with Gasteiger partial charge in [0, 0.05) is 4.90 Å². The van der Waals surface area contributed by atoms with Gasteiger partial charge in [0.1, 0.15) is 0 Å². The lowest BCUT2D eigenvalue weighted by atomic mass is 10.4. The average molecular weight is 290 g/mol. The molecular formula is C13H10N2O2S2. The molecule has 0 aliphatic rings.